The smallest absolute Gasteiger partial charge is 0.261 e. The number of hydrogen-bond donors (Lipinski definition) is 3. The third-order valence-electron chi connectivity index (χ3n) is 1.61. The molecule has 0 saturated heterocycles. The maximum Gasteiger partial charge on any atom is 0.261 e. The van der Waals surface area contributed by atoms with Crippen molar-refractivity contribution in [2.45, 2.75) is 26.7 Å². The molecule has 0 bridgehead atoms. The zero-order valence-electron chi connectivity index (χ0n) is 9.56. The van der Waals surface area contributed by atoms with Crippen LogP contribution in [-0.4, -0.2) is 30.9 Å². The van der Waals surface area contributed by atoms with E-state index in [1.54, 1.807) is 5.48 Å². The Hall–Kier alpha value is -0.0400. The maximum atomic E-state index is 10.7. The predicted molar refractivity (Wildman–Crippen MR) is 64.7 cm³/mol. The Labute approximate surface area is 101 Å². The minimum Gasteiger partial charge on any atom is -0.318 e. The Morgan fingerprint density at radius 1 is 1.38 bits per heavy atom. The second kappa shape index (κ2) is 9.04. The van der Waals surface area contributed by atoms with Crippen molar-refractivity contribution in [2.24, 2.45) is 0 Å². The third kappa shape index (κ3) is 7.27. The van der Waals surface area contributed by atoms with Crippen molar-refractivity contribution in [2.75, 3.05) is 19.8 Å². The molecule has 16 heavy (non-hydrogen) atoms. The van der Waals surface area contributed by atoms with E-state index in [2.05, 4.69) is 5.09 Å². The second-order valence-electron chi connectivity index (χ2n) is 2.88. The quantitative estimate of drug-likeness (QED) is 0.252. The van der Waals surface area contributed by atoms with Crippen LogP contribution in [0.5, 0.6) is 0 Å². The fraction of sp³-hybridized carbons (Fsp3) is 0.875. The molecule has 0 saturated carbocycles. The average Bonchev–Trinajstić information content (AvgIpc) is 2.25. The first-order chi connectivity index (χ1) is 7.58. The van der Waals surface area contributed by atoms with Crippen molar-refractivity contribution in [1.29, 1.82) is 0 Å². The Morgan fingerprint density at radius 2 is 1.94 bits per heavy atom. The molecule has 0 spiro atoms. The highest BCUT2D eigenvalue weighted by Gasteiger charge is 2.16. The lowest BCUT2D eigenvalue weighted by molar-refractivity contribution is -0.129. The Morgan fingerprint density at radius 3 is 2.38 bits per heavy atom. The molecule has 0 aliphatic heterocycles. The lowest BCUT2D eigenvalue weighted by Gasteiger charge is -2.21. The van der Waals surface area contributed by atoms with Crippen molar-refractivity contribution >= 4 is 24.4 Å². The number of nitrogens with one attached hydrogen (secondary N) is 2. The zero-order valence-corrected chi connectivity index (χ0v) is 11.3. The topological polar surface area (TPSA) is 79.8 Å². The molecule has 0 aliphatic carbocycles. The first-order valence-electron chi connectivity index (χ1n) is 5.15. The van der Waals surface area contributed by atoms with Crippen LogP contribution in [0, 0.1) is 0 Å². The van der Waals surface area contributed by atoms with Gasteiger partial charge in [0, 0.05) is 13.0 Å². The van der Waals surface area contributed by atoms with E-state index in [1.807, 2.05) is 13.8 Å². The molecule has 6 nitrogen and oxygen atoms in total. The SMILES string of the molecule is CCOP(=S)(NCCCC(=O)NO)OCC. The largest absolute Gasteiger partial charge is 0.318 e. The van der Waals surface area contributed by atoms with Gasteiger partial charge in [0.15, 0.2) is 0 Å². The van der Waals surface area contributed by atoms with Gasteiger partial charge in [0.25, 0.3) is 6.64 Å². The Kier molecular flexibility index (Phi) is 9.02. The third-order valence-corrected chi connectivity index (χ3v) is 4.44. The molecular weight excluding hydrogens is 251 g/mol. The normalized spacial score (nSPS) is 11.4. The zero-order chi connectivity index (χ0) is 12.4. The molecule has 0 fully saturated rings. The van der Waals surface area contributed by atoms with Crippen molar-refractivity contribution in [3.05, 3.63) is 0 Å². The number of carbonyl (C=O) groups excluding carboxylic acids is 1. The van der Waals surface area contributed by atoms with Crippen LogP contribution < -0.4 is 10.6 Å². The minimum atomic E-state index is -2.40. The van der Waals surface area contributed by atoms with Crippen LogP contribution in [0.3, 0.4) is 0 Å². The molecule has 0 aromatic rings. The molecule has 0 atom stereocenters. The van der Waals surface area contributed by atoms with E-state index in [-0.39, 0.29) is 6.42 Å². The van der Waals surface area contributed by atoms with Crippen molar-refractivity contribution in [3.63, 3.8) is 0 Å². The summed E-state index contributed by atoms with van der Waals surface area (Å²) in [4.78, 5) is 10.7. The van der Waals surface area contributed by atoms with Crippen LogP contribution in [0.15, 0.2) is 0 Å². The van der Waals surface area contributed by atoms with Gasteiger partial charge in [0.1, 0.15) is 0 Å². The maximum absolute atomic E-state index is 10.7. The highest BCUT2D eigenvalue weighted by Crippen LogP contribution is 2.43. The number of hydroxylamine groups is 1. The van der Waals surface area contributed by atoms with Crippen LogP contribution >= 0.6 is 6.64 Å². The minimum absolute atomic E-state index is 0.233. The monoisotopic (exact) mass is 270 g/mol. The molecule has 0 aliphatic rings. The van der Waals surface area contributed by atoms with E-state index < -0.39 is 12.5 Å². The van der Waals surface area contributed by atoms with Crippen LogP contribution in [-0.2, 0) is 25.6 Å². The molecule has 0 rings (SSSR count). The number of rotatable bonds is 9. The van der Waals surface area contributed by atoms with E-state index >= 15 is 0 Å². The fourth-order valence-electron chi connectivity index (χ4n) is 0.989. The van der Waals surface area contributed by atoms with Gasteiger partial charge in [-0.15, -0.1) is 0 Å². The van der Waals surface area contributed by atoms with Gasteiger partial charge in [0.2, 0.25) is 5.91 Å². The summed E-state index contributed by atoms with van der Waals surface area (Å²) in [6.45, 7) is 2.79. The van der Waals surface area contributed by atoms with Crippen molar-refractivity contribution < 1.29 is 19.0 Å². The summed E-state index contributed by atoms with van der Waals surface area (Å²) in [6, 6.07) is 0. The molecule has 0 aromatic carbocycles. The molecule has 96 valence electrons. The summed E-state index contributed by atoms with van der Waals surface area (Å²) in [6.07, 6.45) is 0.794. The summed E-state index contributed by atoms with van der Waals surface area (Å²) < 4.78 is 10.7. The lowest BCUT2D eigenvalue weighted by Crippen LogP contribution is -2.21. The van der Waals surface area contributed by atoms with E-state index in [1.165, 1.54) is 0 Å². The highest BCUT2D eigenvalue weighted by molar-refractivity contribution is 8.08. The summed E-state index contributed by atoms with van der Waals surface area (Å²) in [5, 5.41) is 11.3. The second-order valence-corrected chi connectivity index (χ2v) is 6.15. The molecule has 0 aromatic heterocycles. The van der Waals surface area contributed by atoms with Crippen LogP contribution in [0.1, 0.15) is 26.7 Å². The molecule has 1 amide bonds. The summed E-state index contributed by atoms with van der Waals surface area (Å²) >= 11 is 5.21. The lowest BCUT2D eigenvalue weighted by atomic mass is 10.3. The van der Waals surface area contributed by atoms with E-state index in [0.29, 0.717) is 26.2 Å². The van der Waals surface area contributed by atoms with Gasteiger partial charge < -0.3 is 9.05 Å². The number of carbonyl (C=O) groups is 1. The van der Waals surface area contributed by atoms with Gasteiger partial charge in [-0.2, -0.15) is 0 Å². The standard InChI is InChI=1S/C8H19N2O4PS/c1-3-13-15(16,14-4-2)9-7-5-6-8(11)10-12/h12H,3-7H2,1-2H3,(H,9,16)(H,10,11). The van der Waals surface area contributed by atoms with Crippen LogP contribution in [0.2, 0.25) is 0 Å². The molecular formula is C8H19N2O4PS. The predicted octanol–water partition coefficient (Wildman–Crippen LogP) is 1.16. The number of amides is 1. The van der Waals surface area contributed by atoms with Gasteiger partial charge in [-0.1, -0.05) is 0 Å². The van der Waals surface area contributed by atoms with Gasteiger partial charge in [0.05, 0.1) is 13.2 Å². The molecule has 0 unspecified atom stereocenters. The van der Waals surface area contributed by atoms with Gasteiger partial charge >= 0.3 is 0 Å². The number of hydrogen-bond acceptors (Lipinski definition) is 5. The average molecular weight is 270 g/mol. The molecule has 0 heterocycles. The van der Waals surface area contributed by atoms with Crippen LogP contribution in [0.4, 0.5) is 0 Å². The summed E-state index contributed by atoms with van der Waals surface area (Å²) in [5.41, 5.74) is 1.57. The van der Waals surface area contributed by atoms with E-state index in [4.69, 9.17) is 26.1 Å². The van der Waals surface area contributed by atoms with Gasteiger partial charge in [-0.25, -0.2) is 10.6 Å². The Balaban J connectivity index is 3.85. The first-order valence-corrected chi connectivity index (χ1v) is 7.79. The van der Waals surface area contributed by atoms with Crippen molar-refractivity contribution in [1.82, 2.24) is 10.6 Å². The Bertz CT molecular complexity index is 242. The fourth-order valence-corrected chi connectivity index (χ4v) is 3.26. The summed E-state index contributed by atoms with van der Waals surface area (Å²) in [5.74, 6) is -0.414. The molecule has 8 heteroatoms. The van der Waals surface area contributed by atoms with Gasteiger partial charge in [-0.3, -0.25) is 10.0 Å². The highest BCUT2D eigenvalue weighted by atomic mass is 32.5. The van der Waals surface area contributed by atoms with E-state index in [0.717, 1.165) is 0 Å². The summed E-state index contributed by atoms with van der Waals surface area (Å²) in [7, 11) is 0. The van der Waals surface area contributed by atoms with Crippen molar-refractivity contribution in [3.8, 4) is 0 Å². The van der Waals surface area contributed by atoms with Gasteiger partial charge in [-0.05, 0) is 32.1 Å². The van der Waals surface area contributed by atoms with Crippen LogP contribution in [0.25, 0.3) is 0 Å². The van der Waals surface area contributed by atoms with E-state index in [9.17, 15) is 4.79 Å². The molecule has 3 N–H and O–H groups in total. The first kappa shape index (κ1) is 16.0. The molecule has 0 radical (unpaired) electrons.